The second kappa shape index (κ2) is 9.33. The molecule has 0 aliphatic carbocycles. The van der Waals surface area contributed by atoms with Gasteiger partial charge in [0, 0.05) is 5.41 Å². The number of anilines is 1. The summed E-state index contributed by atoms with van der Waals surface area (Å²) in [5, 5.41) is 4.15. The van der Waals surface area contributed by atoms with E-state index in [-0.39, 0.29) is 24.3 Å². The number of para-hydroxylation sites is 1. The molecule has 33 heavy (non-hydrogen) atoms. The lowest BCUT2D eigenvalue weighted by molar-refractivity contribution is -0.637. The highest BCUT2D eigenvalue weighted by atomic mass is 16.6. The first-order valence-corrected chi connectivity index (χ1v) is 11.3. The number of Topliss-reactive ketones (excluding diaryl/α,β-unsaturated/α-hetero) is 1. The van der Waals surface area contributed by atoms with Crippen molar-refractivity contribution in [1.82, 2.24) is 5.10 Å². The molecule has 2 heterocycles. The highest BCUT2D eigenvalue weighted by Crippen LogP contribution is 2.39. The van der Waals surface area contributed by atoms with Crippen molar-refractivity contribution in [1.29, 1.82) is 0 Å². The number of carbonyl (C=O) groups excluding carboxylic acids is 3. The minimum atomic E-state index is -0.908. The molecule has 3 rings (SSSR count). The molecule has 2 aromatic rings. The predicted molar refractivity (Wildman–Crippen MR) is 121 cm³/mol. The van der Waals surface area contributed by atoms with Gasteiger partial charge in [-0.25, -0.2) is 10.5 Å². The Morgan fingerprint density at radius 2 is 1.94 bits per heavy atom. The zero-order chi connectivity index (χ0) is 24.5. The molecule has 0 unspecified atom stereocenters. The predicted octanol–water partition coefficient (Wildman–Crippen LogP) is 3.62. The number of rotatable bonds is 6. The monoisotopic (exact) mass is 457 g/mol. The molecule has 2 atom stereocenters. The molecule has 178 valence electrons. The standard InChI is InChI=1S/C24H32N4O5/c1-7-12-32-23(31)27-16-11-9-8-10-15(16)13-17(27)18(14(2)3)19(29)20-28(22(25)30)26-21(33-20)24(4,5)6/h8-11,14,17-18H,7,12-13H2,1-6H3,(H-,25,30)/p+1/t17-,18-/m0/s1. The Hall–Kier alpha value is -3.23. The maximum absolute atomic E-state index is 13.8. The Morgan fingerprint density at radius 1 is 1.27 bits per heavy atom. The Balaban J connectivity index is 2.07. The van der Waals surface area contributed by atoms with Crippen molar-refractivity contribution in [3.8, 4) is 0 Å². The molecule has 0 bridgehead atoms. The Morgan fingerprint density at radius 3 is 2.52 bits per heavy atom. The van der Waals surface area contributed by atoms with E-state index < -0.39 is 35.3 Å². The van der Waals surface area contributed by atoms with Crippen molar-refractivity contribution >= 4 is 23.6 Å². The Bertz CT molecular complexity index is 1050. The van der Waals surface area contributed by atoms with Crippen LogP contribution < -0.4 is 15.3 Å². The lowest BCUT2D eigenvalue weighted by atomic mass is 9.82. The van der Waals surface area contributed by atoms with Gasteiger partial charge in [0.05, 0.1) is 24.3 Å². The van der Waals surface area contributed by atoms with Crippen LogP contribution in [0, 0.1) is 11.8 Å². The fourth-order valence-electron chi connectivity index (χ4n) is 4.16. The molecule has 1 aliphatic rings. The van der Waals surface area contributed by atoms with Crippen LogP contribution in [0.15, 0.2) is 28.7 Å². The van der Waals surface area contributed by atoms with E-state index in [1.165, 1.54) is 0 Å². The molecule has 0 spiro atoms. The largest absolute Gasteiger partial charge is 0.518 e. The molecule has 2 amide bonds. The van der Waals surface area contributed by atoms with Gasteiger partial charge < -0.3 is 9.15 Å². The first-order chi connectivity index (χ1) is 15.5. The van der Waals surface area contributed by atoms with Crippen molar-refractivity contribution in [3.63, 3.8) is 0 Å². The number of ether oxygens (including phenoxy) is 1. The lowest BCUT2D eigenvalue weighted by Crippen LogP contribution is -2.55. The molecule has 1 aliphatic heterocycles. The van der Waals surface area contributed by atoms with Crippen molar-refractivity contribution < 1.29 is 28.2 Å². The lowest BCUT2D eigenvalue weighted by Gasteiger charge is -2.32. The molecule has 2 N–H and O–H groups in total. The SMILES string of the molecule is CCCOC(=O)N1c2ccccc2C[C@H]1[C@@H](C(=O)c1oc(C(C)(C)C)n[n+]1C(N)=O)C(C)C. The first-order valence-electron chi connectivity index (χ1n) is 11.3. The van der Waals surface area contributed by atoms with Gasteiger partial charge in [-0.2, -0.15) is 4.79 Å². The molecule has 0 fully saturated rings. The van der Waals surface area contributed by atoms with E-state index in [0.717, 1.165) is 15.9 Å². The van der Waals surface area contributed by atoms with Crippen LogP contribution in [0.25, 0.3) is 0 Å². The summed E-state index contributed by atoms with van der Waals surface area (Å²) in [5.74, 6) is -1.30. The topological polar surface area (TPSA) is 120 Å². The van der Waals surface area contributed by atoms with Crippen LogP contribution in [0.1, 0.15) is 70.1 Å². The summed E-state index contributed by atoms with van der Waals surface area (Å²) in [6, 6.07) is 6.11. The minimum absolute atomic E-state index is 0.178. The third kappa shape index (κ3) is 4.77. The van der Waals surface area contributed by atoms with Gasteiger partial charge in [-0.3, -0.25) is 9.69 Å². The van der Waals surface area contributed by atoms with Crippen molar-refractivity contribution in [2.24, 2.45) is 17.6 Å². The molecular formula is C24H33N4O5+. The number of ketones is 1. The average molecular weight is 458 g/mol. The van der Waals surface area contributed by atoms with Crippen LogP contribution >= 0.6 is 0 Å². The van der Waals surface area contributed by atoms with Gasteiger partial charge in [0.2, 0.25) is 11.7 Å². The van der Waals surface area contributed by atoms with E-state index in [1.54, 1.807) is 4.90 Å². The summed E-state index contributed by atoms with van der Waals surface area (Å²) in [7, 11) is 0. The summed E-state index contributed by atoms with van der Waals surface area (Å²) >= 11 is 0. The smallest absolute Gasteiger partial charge is 0.449 e. The molecule has 9 nitrogen and oxygen atoms in total. The number of aromatic nitrogens is 2. The summed E-state index contributed by atoms with van der Waals surface area (Å²) in [4.78, 5) is 40.5. The van der Waals surface area contributed by atoms with Gasteiger partial charge in [0.15, 0.2) is 0 Å². The second-order valence-corrected chi connectivity index (χ2v) is 9.73. The molecule has 0 radical (unpaired) electrons. The van der Waals surface area contributed by atoms with E-state index in [2.05, 4.69) is 5.10 Å². The van der Waals surface area contributed by atoms with Gasteiger partial charge in [0.25, 0.3) is 0 Å². The van der Waals surface area contributed by atoms with Crippen LogP contribution in [0.2, 0.25) is 0 Å². The van der Waals surface area contributed by atoms with Crippen molar-refractivity contribution in [2.45, 2.75) is 65.8 Å². The molecular weight excluding hydrogens is 424 g/mol. The fraction of sp³-hybridized carbons (Fsp3) is 0.542. The first kappa shape index (κ1) is 24.4. The third-order valence-corrected chi connectivity index (χ3v) is 5.71. The highest BCUT2D eigenvalue weighted by molar-refractivity contribution is 5.98. The summed E-state index contributed by atoms with van der Waals surface area (Å²) in [5.41, 5.74) is 6.63. The fourth-order valence-corrected chi connectivity index (χ4v) is 4.16. The summed E-state index contributed by atoms with van der Waals surface area (Å²) in [6.45, 7) is 11.6. The van der Waals surface area contributed by atoms with E-state index in [9.17, 15) is 14.4 Å². The number of benzene rings is 1. The van der Waals surface area contributed by atoms with Crippen LogP contribution in [0.5, 0.6) is 0 Å². The summed E-state index contributed by atoms with van der Waals surface area (Å²) < 4.78 is 12.1. The quantitative estimate of drug-likeness (QED) is 0.523. The van der Waals surface area contributed by atoms with E-state index in [4.69, 9.17) is 14.9 Å². The number of carbonyl (C=O) groups is 3. The number of hydrogen-bond donors (Lipinski definition) is 1. The maximum atomic E-state index is 13.8. The second-order valence-electron chi connectivity index (χ2n) is 9.73. The number of hydrogen-bond acceptors (Lipinski definition) is 6. The third-order valence-electron chi connectivity index (χ3n) is 5.71. The number of nitrogens with zero attached hydrogens (tertiary/aromatic N) is 3. The molecule has 1 aromatic carbocycles. The van der Waals surface area contributed by atoms with Gasteiger partial charge in [-0.05, 0) is 40.2 Å². The molecule has 0 saturated carbocycles. The average Bonchev–Trinajstić information content (AvgIpc) is 3.34. The van der Waals surface area contributed by atoms with E-state index in [0.29, 0.717) is 12.8 Å². The number of amides is 2. The van der Waals surface area contributed by atoms with Crippen LogP contribution in [0.4, 0.5) is 15.3 Å². The van der Waals surface area contributed by atoms with E-state index in [1.807, 2.05) is 65.8 Å². The van der Waals surface area contributed by atoms with Gasteiger partial charge in [-0.15, -0.1) is 0 Å². The zero-order valence-corrected chi connectivity index (χ0v) is 20.1. The van der Waals surface area contributed by atoms with Crippen LogP contribution in [0.3, 0.4) is 0 Å². The molecule has 1 aromatic heterocycles. The summed E-state index contributed by atoms with van der Waals surface area (Å²) in [6.07, 6.45) is 0.661. The van der Waals surface area contributed by atoms with Gasteiger partial charge in [0.1, 0.15) is 0 Å². The minimum Gasteiger partial charge on any atom is -0.449 e. The van der Waals surface area contributed by atoms with Crippen LogP contribution in [-0.4, -0.2) is 35.7 Å². The van der Waals surface area contributed by atoms with Crippen molar-refractivity contribution in [2.75, 3.05) is 11.5 Å². The zero-order valence-electron chi connectivity index (χ0n) is 20.1. The Labute approximate surface area is 193 Å². The maximum Gasteiger partial charge on any atom is 0.518 e. The molecule has 0 saturated heterocycles. The van der Waals surface area contributed by atoms with Gasteiger partial charge in [-0.1, -0.05) is 59.7 Å². The Kier molecular flexibility index (Phi) is 6.90. The van der Waals surface area contributed by atoms with Gasteiger partial charge >= 0.3 is 18.0 Å². The van der Waals surface area contributed by atoms with Crippen molar-refractivity contribution in [3.05, 3.63) is 41.6 Å². The number of primary amides is 1. The van der Waals surface area contributed by atoms with E-state index >= 15 is 0 Å². The van der Waals surface area contributed by atoms with Crippen LogP contribution in [-0.2, 0) is 16.6 Å². The highest BCUT2D eigenvalue weighted by Gasteiger charge is 2.47. The normalized spacial score (nSPS) is 16.6. The number of fused-ring (bicyclic) bond motifs is 1. The number of nitrogens with two attached hydrogens (primary N) is 1. The molecule has 9 heteroatoms.